The summed E-state index contributed by atoms with van der Waals surface area (Å²) >= 11 is 0. The first-order valence-corrected chi connectivity index (χ1v) is 11.3. The Morgan fingerprint density at radius 2 is 1.76 bits per heavy atom. The molecule has 156 valence electrons. The van der Waals surface area contributed by atoms with Gasteiger partial charge in [0.1, 0.15) is 10.6 Å². The quantitative estimate of drug-likeness (QED) is 0.782. The molecule has 1 aliphatic carbocycles. The maximum absolute atomic E-state index is 13.6. The summed E-state index contributed by atoms with van der Waals surface area (Å²) < 4.78 is 39.8. The van der Waals surface area contributed by atoms with Crippen LogP contribution in [0, 0.1) is 11.8 Å². The number of rotatable bonds is 6. The van der Waals surface area contributed by atoms with E-state index in [1.54, 1.807) is 23.5 Å². The second-order valence-electron chi connectivity index (χ2n) is 7.80. The largest absolute Gasteiger partial charge is 0.495 e. The van der Waals surface area contributed by atoms with E-state index in [0.717, 1.165) is 29.5 Å². The first-order chi connectivity index (χ1) is 14.0. The van der Waals surface area contributed by atoms with Crippen molar-refractivity contribution in [2.45, 2.75) is 30.4 Å². The van der Waals surface area contributed by atoms with Crippen LogP contribution in [-0.4, -0.2) is 51.2 Å². The Kier molecular flexibility index (Phi) is 5.66. The van der Waals surface area contributed by atoms with Crippen molar-refractivity contribution >= 4 is 10.0 Å². The highest BCUT2D eigenvalue weighted by Crippen LogP contribution is 2.42. The number of benzene rings is 2. The van der Waals surface area contributed by atoms with Gasteiger partial charge in [-0.15, -0.1) is 0 Å². The third-order valence-electron chi connectivity index (χ3n) is 6.27. The van der Waals surface area contributed by atoms with E-state index in [1.807, 2.05) is 30.3 Å². The summed E-state index contributed by atoms with van der Waals surface area (Å²) in [6, 6.07) is 12.6. The van der Waals surface area contributed by atoms with Gasteiger partial charge in [-0.05, 0) is 53.5 Å². The highest BCUT2D eigenvalue weighted by molar-refractivity contribution is 7.89. The lowest BCUT2D eigenvalue weighted by molar-refractivity contribution is 0.00393. The number of fused-ring (bicyclic) bond motifs is 2. The Morgan fingerprint density at radius 3 is 2.38 bits per heavy atom. The summed E-state index contributed by atoms with van der Waals surface area (Å²) in [5, 5.41) is 9.66. The van der Waals surface area contributed by atoms with Crippen molar-refractivity contribution in [3.05, 3.63) is 48.0 Å². The molecule has 2 aromatic carbocycles. The fraction of sp³-hybridized carbons (Fsp3) is 0.455. The van der Waals surface area contributed by atoms with E-state index in [9.17, 15) is 13.5 Å². The van der Waals surface area contributed by atoms with Crippen molar-refractivity contribution in [3.63, 3.8) is 0 Å². The molecule has 0 aromatic heterocycles. The van der Waals surface area contributed by atoms with Crippen molar-refractivity contribution in [2.24, 2.45) is 11.8 Å². The van der Waals surface area contributed by atoms with E-state index < -0.39 is 10.0 Å². The highest BCUT2D eigenvalue weighted by atomic mass is 32.2. The van der Waals surface area contributed by atoms with Crippen molar-refractivity contribution in [2.75, 3.05) is 27.3 Å². The lowest BCUT2D eigenvalue weighted by atomic mass is 9.97. The molecular weight excluding hydrogens is 390 g/mol. The molecular formula is C22H27NO5S. The van der Waals surface area contributed by atoms with Gasteiger partial charge in [-0.25, -0.2) is 8.42 Å². The molecule has 4 rings (SSSR count). The average Bonchev–Trinajstić information content (AvgIpc) is 3.00. The molecule has 7 heteroatoms. The van der Waals surface area contributed by atoms with Gasteiger partial charge in [0, 0.05) is 20.2 Å². The molecule has 3 atom stereocenters. The number of ether oxygens (including phenoxy) is 2. The topological polar surface area (TPSA) is 76.1 Å². The van der Waals surface area contributed by atoms with Crippen LogP contribution in [0.15, 0.2) is 47.4 Å². The zero-order valence-corrected chi connectivity index (χ0v) is 17.6. The monoisotopic (exact) mass is 417 g/mol. The number of methoxy groups -OCH3 is 2. The first-order valence-electron chi connectivity index (χ1n) is 9.89. The lowest BCUT2D eigenvalue weighted by Gasteiger charge is -2.36. The number of aliphatic hydroxyl groups is 1. The molecule has 2 aromatic rings. The van der Waals surface area contributed by atoms with Gasteiger partial charge in [-0.3, -0.25) is 0 Å². The fourth-order valence-electron chi connectivity index (χ4n) is 4.84. The minimum absolute atomic E-state index is 0.113. The standard InChI is InChI=1S/C22H27NO5S/c1-27-20-10-9-15(19-6-4-3-5-18(19)14-24)11-21(20)29(25,26)23-12-16-7-8-17(13-23)22(16)28-2/h3-6,9-11,16-17,22,24H,7-8,12-14H2,1-2H3/t16-,17+,22?. The van der Waals surface area contributed by atoms with Gasteiger partial charge in [-0.2, -0.15) is 4.31 Å². The zero-order chi connectivity index (χ0) is 20.6. The van der Waals surface area contributed by atoms with Gasteiger partial charge in [0.2, 0.25) is 10.0 Å². The maximum Gasteiger partial charge on any atom is 0.246 e. The molecule has 1 saturated heterocycles. The van der Waals surface area contributed by atoms with Gasteiger partial charge in [0.25, 0.3) is 0 Å². The molecule has 0 radical (unpaired) electrons. The Labute approximate surface area is 172 Å². The van der Waals surface area contributed by atoms with E-state index in [0.29, 0.717) is 18.8 Å². The summed E-state index contributed by atoms with van der Waals surface area (Å²) in [7, 11) is -0.526. The molecule has 1 saturated carbocycles. The highest BCUT2D eigenvalue weighted by Gasteiger charge is 2.46. The van der Waals surface area contributed by atoms with Gasteiger partial charge in [0.15, 0.2) is 0 Å². The minimum Gasteiger partial charge on any atom is -0.495 e. The molecule has 2 aliphatic rings. The summed E-state index contributed by atoms with van der Waals surface area (Å²) in [4.78, 5) is 0.167. The second kappa shape index (κ2) is 8.07. The Balaban J connectivity index is 1.74. The molecule has 1 heterocycles. The number of piperidine rings is 1. The number of sulfonamides is 1. The van der Waals surface area contributed by atoms with Crippen LogP contribution in [0.4, 0.5) is 0 Å². The molecule has 6 nitrogen and oxygen atoms in total. The first kappa shape index (κ1) is 20.3. The van der Waals surface area contributed by atoms with Crippen molar-refractivity contribution < 1.29 is 23.0 Å². The zero-order valence-electron chi connectivity index (χ0n) is 16.7. The number of aliphatic hydroxyl groups excluding tert-OH is 1. The van der Waals surface area contributed by atoms with Gasteiger partial charge >= 0.3 is 0 Å². The Bertz CT molecular complexity index is 976. The molecule has 29 heavy (non-hydrogen) atoms. The van der Waals surface area contributed by atoms with Crippen LogP contribution in [0.25, 0.3) is 11.1 Å². The number of hydrogen-bond donors (Lipinski definition) is 1. The van der Waals surface area contributed by atoms with Crippen LogP contribution in [0.5, 0.6) is 5.75 Å². The predicted molar refractivity (Wildman–Crippen MR) is 110 cm³/mol. The lowest BCUT2D eigenvalue weighted by Crippen LogP contribution is -2.47. The van der Waals surface area contributed by atoms with Gasteiger partial charge in [-0.1, -0.05) is 30.3 Å². The maximum atomic E-state index is 13.6. The van der Waals surface area contributed by atoms with E-state index in [2.05, 4.69) is 0 Å². The Morgan fingerprint density at radius 1 is 1.07 bits per heavy atom. The third kappa shape index (κ3) is 3.57. The fourth-order valence-corrected chi connectivity index (χ4v) is 6.57. The van der Waals surface area contributed by atoms with Crippen molar-refractivity contribution in [1.29, 1.82) is 0 Å². The smallest absolute Gasteiger partial charge is 0.246 e. The normalized spacial score (nSPS) is 24.6. The SMILES string of the molecule is COc1ccc(-c2ccccc2CO)cc1S(=O)(=O)N1C[C@H]2CC[C@@H](C1)C2OC. The Hall–Kier alpha value is -1.93. The summed E-state index contributed by atoms with van der Waals surface area (Å²) in [6.07, 6.45) is 2.14. The summed E-state index contributed by atoms with van der Waals surface area (Å²) in [6.45, 7) is 0.827. The average molecular weight is 418 g/mol. The van der Waals surface area contributed by atoms with Crippen LogP contribution in [0.1, 0.15) is 18.4 Å². The van der Waals surface area contributed by atoms with Crippen LogP contribution >= 0.6 is 0 Å². The molecule has 1 aliphatic heterocycles. The predicted octanol–water partition coefficient (Wildman–Crippen LogP) is 2.90. The molecule has 0 spiro atoms. The van der Waals surface area contributed by atoms with Gasteiger partial charge < -0.3 is 14.6 Å². The number of hydrogen-bond acceptors (Lipinski definition) is 5. The molecule has 1 N–H and O–H groups in total. The minimum atomic E-state index is -3.72. The van der Waals surface area contributed by atoms with Crippen molar-refractivity contribution in [3.8, 4) is 16.9 Å². The summed E-state index contributed by atoms with van der Waals surface area (Å²) in [5.74, 6) is 0.798. The van der Waals surface area contributed by atoms with Crippen LogP contribution in [0.3, 0.4) is 0 Å². The molecule has 2 fully saturated rings. The second-order valence-corrected chi connectivity index (χ2v) is 9.71. The van der Waals surface area contributed by atoms with Crippen LogP contribution < -0.4 is 4.74 Å². The van der Waals surface area contributed by atoms with Crippen LogP contribution in [-0.2, 0) is 21.4 Å². The molecule has 2 bridgehead atoms. The van der Waals surface area contributed by atoms with E-state index in [4.69, 9.17) is 9.47 Å². The van der Waals surface area contributed by atoms with Crippen LogP contribution in [0.2, 0.25) is 0 Å². The molecule has 0 amide bonds. The third-order valence-corrected chi connectivity index (χ3v) is 8.12. The van der Waals surface area contributed by atoms with E-state index in [1.165, 1.54) is 7.11 Å². The van der Waals surface area contributed by atoms with Gasteiger partial charge in [0.05, 0.1) is 19.8 Å². The number of nitrogens with zero attached hydrogens (tertiary/aromatic N) is 1. The van der Waals surface area contributed by atoms with Crippen molar-refractivity contribution in [1.82, 2.24) is 4.31 Å². The summed E-state index contributed by atoms with van der Waals surface area (Å²) in [5.41, 5.74) is 2.30. The van der Waals surface area contributed by atoms with E-state index in [-0.39, 0.29) is 29.4 Å². The molecule has 1 unspecified atom stereocenters. The van der Waals surface area contributed by atoms with E-state index >= 15 is 0 Å².